The molecule has 1 unspecified atom stereocenters. The molecule has 2 aromatic carbocycles. The molecule has 0 spiro atoms. The molecule has 0 amide bonds. The van der Waals surface area contributed by atoms with E-state index in [2.05, 4.69) is 11.1 Å². The van der Waals surface area contributed by atoms with Crippen molar-refractivity contribution < 1.29 is 0 Å². The maximum atomic E-state index is 9.42. The van der Waals surface area contributed by atoms with Gasteiger partial charge >= 0.3 is 0 Å². The highest BCUT2D eigenvalue weighted by atomic mass is 35.5. The van der Waals surface area contributed by atoms with Crippen LogP contribution >= 0.6 is 11.6 Å². The maximum absolute atomic E-state index is 9.42. The predicted octanol–water partition coefficient (Wildman–Crippen LogP) is 4.48. The second kappa shape index (κ2) is 4.79. The third-order valence-electron chi connectivity index (χ3n) is 3.19. The van der Waals surface area contributed by atoms with Gasteiger partial charge in [0.25, 0.3) is 0 Å². The molecule has 0 aliphatic carbocycles. The summed E-state index contributed by atoms with van der Waals surface area (Å²) in [5.74, 6) is -0.301. The molecule has 0 aliphatic heterocycles. The van der Waals surface area contributed by atoms with E-state index >= 15 is 0 Å². The van der Waals surface area contributed by atoms with Crippen molar-refractivity contribution in [3.8, 4) is 6.07 Å². The van der Waals surface area contributed by atoms with Crippen LogP contribution in [0.15, 0.2) is 54.6 Å². The maximum Gasteiger partial charge on any atom is 0.111 e. The Morgan fingerprint density at radius 2 is 1.79 bits per heavy atom. The normalized spacial score (nSPS) is 12.2. The average molecular weight is 267 g/mol. The van der Waals surface area contributed by atoms with Crippen molar-refractivity contribution in [3.63, 3.8) is 0 Å². The van der Waals surface area contributed by atoms with Crippen LogP contribution in [0.1, 0.15) is 17.2 Å². The molecule has 1 N–H and O–H groups in total. The second-order valence-electron chi connectivity index (χ2n) is 4.43. The Bertz CT molecular complexity index is 717. The molecule has 3 aromatic rings. The molecule has 1 aromatic heterocycles. The zero-order chi connectivity index (χ0) is 13.2. The van der Waals surface area contributed by atoms with E-state index in [9.17, 15) is 5.26 Å². The quantitative estimate of drug-likeness (QED) is 0.730. The molecule has 0 radical (unpaired) electrons. The van der Waals surface area contributed by atoms with Gasteiger partial charge in [-0.1, -0.05) is 41.9 Å². The number of H-pyrrole nitrogens is 1. The van der Waals surface area contributed by atoms with Gasteiger partial charge in [0.15, 0.2) is 0 Å². The van der Waals surface area contributed by atoms with Crippen LogP contribution in [0.4, 0.5) is 0 Å². The third-order valence-corrected chi connectivity index (χ3v) is 3.45. The summed E-state index contributed by atoms with van der Waals surface area (Å²) in [5.41, 5.74) is 2.90. The third kappa shape index (κ3) is 2.21. The number of rotatable bonds is 2. The van der Waals surface area contributed by atoms with E-state index in [1.807, 2.05) is 54.6 Å². The van der Waals surface area contributed by atoms with Gasteiger partial charge in [-0.3, -0.25) is 0 Å². The van der Waals surface area contributed by atoms with E-state index in [0.29, 0.717) is 5.02 Å². The van der Waals surface area contributed by atoms with Crippen LogP contribution in [-0.4, -0.2) is 4.98 Å². The van der Waals surface area contributed by atoms with E-state index in [0.717, 1.165) is 22.2 Å². The van der Waals surface area contributed by atoms with Crippen LogP contribution in [-0.2, 0) is 0 Å². The Hall–Kier alpha value is -2.24. The largest absolute Gasteiger partial charge is 0.357 e. The lowest BCUT2D eigenvalue weighted by molar-refractivity contribution is 0.992. The molecule has 92 valence electrons. The Kier molecular flexibility index (Phi) is 2.98. The van der Waals surface area contributed by atoms with Crippen LogP contribution in [0.25, 0.3) is 10.9 Å². The highest BCUT2D eigenvalue weighted by Gasteiger charge is 2.15. The number of fused-ring (bicyclic) bond motifs is 1. The van der Waals surface area contributed by atoms with E-state index in [1.54, 1.807) is 0 Å². The highest BCUT2D eigenvalue weighted by Crippen LogP contribution is 2.27. The minimum absolute atomic E-state index is 0.301. The van der Waals surface area contributed by atoms with E-state index in [4.69, 9.17) is 11.6 Å². The minimum Gasteiger partial charge on any atom is -0.357 e. The van der Waals surface area contributed by atoms with Crippen molar-refractivity contribution in [1.29, 1.82) is 5.26 Å². The number of aromatic nitrogens is 1. The van der Waals surface area contributed by atoms with Gasteiger partial charge in [-0.15, -0.1) is 0 Å². The summed E-state index contributed by atoms with van der Waals surface area (Å²) in [6, 6.07) is 19.8. The van der Waals surface area contributed by atoms with Gasteiger partial charge in [0.2, 0.25) is 0 Å². The van der Waals surface area contributed by atoms with E-state index < -0.39 is 0 Å². The number of para-hydroxylation sites is 1. The molecule has 1 atom stereocenters. The van der Waals surface area contributed by atoms with Gasteiger partial charge < -0.3 is 4.98 Å². The van der Waals surface area contributed by atoms with Crippen molar-refractivity contribution in [1.82, 2.24) is 4.98 Å². The zero-order valence-corrected chi connectivity index (χ0v) is 10.9. The Morgan fingerprint density at radius 3 is 2.47 bits per heavy atom. The predicted molar refractivity (Wildman–Crippen MR) is 77.2 cm³/mol. The average Bonchev–Trinajstić information content (AvgIpc) is 2.85. The molecule has 3 heteroatoms. The van der Waals surface area contributed by atoms with Gasteiger partial charge in [-0.05, 0) is 35.2 Å². The number of nitrogens with zero attached hydrogens (tertiary/aromatic N) is 1. The summed E-state index contributed by atoms with van der Waals surface area (Å²) in [6.45, 7) is 0. The van der Waals surface area contributed by atoms with Gasteiger partial charge in [-0.25, -0.2) is 0 Å². The highest BCUT2D eigenvalue weighted by molar-refractivity contribution is 6.30. The molecule has 0 aliphatic rings. The number of hydrogen-bond donors (Lipinski definition) is 1. The molecule has 0 bridgehead atoms. The summed E-state index contributed by atoms with van der Waals surface area (Å²) < 4.78 is 0. The summed E-state index contributed by atoms with van der Waals surface area (Å²) in [4.78, 5) is 3.30. The molecule has 0 fully saturated rings. The Morgan fingerprint density at radius 1 is 1.05 bits per heavy atom. The molecule has 0 saturated carbocycles. The summed E-state index contributed by atoms with van der Waals surface area (Å²) in [5, 5.41) is 11.2. The number of halogens is 1. The van der Waals surface area contributed by atoms with Gasteiger partial charge in [0.05, 0.1) is 6.07 Å². The van der Waals surface area contributed by atoms with Crippen LogP contribution in [0.2, 0.25) is 5.02 Å². The molecule has 19 heavy (non-hydrogen) atoms. The number of aromatic amines is 1. The van der Waals surface area contributed by atoms with E-state index in [1.165, 1.54) is 0 Å². The molecule has 1 heterocycles. The molecule has 3 rings (SSSR count). The van der Waals surface area contributed by atoms with Gasteiger partial charge in [0.1, 0.15) is 5.92 Å². The monoisotopic (exact) mass is 266 g/mol. The van der Waals surface area contributed by atoms with Crippen molar-refractivity contribution in [2.75, 3.05) is 0 Å². The van der Waals surface area contributed by atoms with Crippen molar-refractivity contribution in [3.05, 3.63) is 70.9 Å². The van der Waals surface area contributed by atoms with Gasteiger partial charge in [0, 0.05) is 16.2 Å². The fraction of sp³-hybridized carbons (Fsp3) is 0.0625. The topological polar surface area (TPSA) is 39.6 Å². The van der Waals surface area contributed by atoms with Crippen molar-refractivity contribution in [2.45, 2.75) is 5.92 Å². The summed E-state index contributed by atoms with van der Waals surface area (Å²) in [6.07, 6.45) is 0. The van der Waals surface area contributed by atoms with E-state index in [-0.39, 0.29) is 5.92 Å². The second-order valence-corrected chi connectivity index (χ2v) is 4.86. The zero-order valence-electron chi connectivity index (χ0n) is 10.1. The van der Waals surface area contributed by atoms with Crippen molar-refractivity contribution in [2.24, 2.45) is 0 Å². The number of nitrogens with one attached hydrogen (secondary N) is 1. The summed E-state index contributed by atoms with van der Waals surface area (Å²) in [7, 11) is 0. The molecule has 0 saturated heterocycles. The van der Waals surface area contributed by atoms with Crippen LogP contribution in [0.3, 0.4) is 0 Å². The smallest absolute Gasteiger partial charge is 0.111 e. The lowest BCUT2D eigenvalue weighted by atomic mass is 9.97. The molecular formula is C16H11ClN2. The standard InChI is InChI=1S/C16H11ClN2/c17-13-7-5-11(6-8-13)14(10-18)16-9-12-3-1-2-4-15(12)19-16/h1-9,14,19H. The first kappa shape index (κ1) is 11.8. The lowest BCUT2D eigenvalue weighted by Crippen LogP contribution is -1.98. The first-order valence-electron chi connectivity index (χ1n) is 6.00. The van der Waals surface area contributed by atoms with Gasteiger partial charge in [-0.2, -0.15) is 5.26 Å². The molecular weight excluding hydrogens is 256 g/mol. The minimum atomic E-state index is -0.301. The fourth-order valence-corrected chi connectivity index (χ4v) is 2.36. The SMILES string of the molecule is N#CC(c1ccc(Cl)cc1)c1cc2ccccc2[nH]1. The van der Waals surface area contributed by atoms with Crippen molar-refractivity contribution >= 4 is 22.5 Å². The fourth-order valence-electron chi connectivity index (χ4n) is 2.23. The van der Waals surface area contributed by atoms with Crippen LogP contribution in [0, 0.1) is 11.3 Å². The Balaban J connectivity index is 2.07. The lowest BCUT2D eigenvalue weighted by Gasteiger charge is -2.07. The Labute approximate surface area is 116 Å². The molecule has 2 nitrogen and oxygen atoms in total. The first-order valence-corrected chi connectivity index (χ1v) is 6.38. The summed E-state index contributed by atoms with van der Waals surface area (Å²) >= 11 is 5.88. The van der Waals surface area contributed by atoms with Crippen LogP contribution in [0.5, 0.6) is 0 Å². The number of hydrogen-bond acceptors (Lipinski definition) is 1. The number of nitriles is 1. The number of benzene rings is 2. The first-order chi connectivity index (χ1) is 9.28. The van der Waals surface area contributed by atoms with Crippen LogP contribution < -0.4 is 0 Å².